The van der Waals surface area contributed by atoms with E-state index in [-0.39, 0.29) is 18.5 Å². The molecule has 26 heavy (non-hydrogen) atoms. The van der Waals surface area contributed by atoms with Gasteiger partial charge in [-0.1, -0.05) is 30.3 Å². The second-order valence-electron chi connectivity index (χ2n) is 5.93. The Kier molecular flexibility index (Phi) is 4.67. The van der Waals surface area contributed by atoms with Crippen LogP contribution >= 0.6 is 0 Å². The van der Waals surface area contributed by atoms with Crippen molar-refractivity contribution in [2.75, 3.05) is 11.4 Å². The van der Waals surface area contributed by atoms with Crippen LogP contribution in [-0.2, 0) is 4.79 Å². The summed E-state index contributed by atoms with van der Waals surface area (Å²) >= 11 is 0. The molecule has 136 valence electrons. The molecule has 1 fully saturated rings. The summed E-state index contributed by atoms with van der Waals surface area (Å²) in [5.74, 6) is -9.09. The van der Waals surface area contributed by atoms with Crippen LogP contribution in [0.5, 0.6) is 0 Å². The molecule has 3 rings (SSSR count). The molecule has 4 nitrogen and oxygen atoms in total. The predicted octanol–water partition coefficient (Wildman–Crippen LogP) is 2.93. The first kappa shape index (κ1) is 17.9. The number of carbonyl (C=O) groups excluding carboxylic acids is 2. The lowest BCUT2D eigenvalue weighted by Gasteiger charge is -2.26. The van der Waals surface area contributed by atoms with Gasteiger partial charge in [-0.25, -0.2) is 17.6 Å². The average molecular weight is 366 g/mol. The van der Waals surface area contributed by atoms with Gasteiger partial charge in [0.05, 0.1) is 0 Å². The number of rotatable bonds is 4. The van der Waals surface area contributed by atoms with Gasteiger partial charge < -0.3 is 10.6 Å². The van der Waals surface area contributed by atoms with Crippen LogP contribution < -0.4 is 10.6 Å². The lowest BCUT2D eigenvalue weighted by molar-refractivity contribution is -0.119. The van der Waals surface area contributed by atoms with Gasteiger partial charge in [0.1, 0.15) is 17.3 Å². The number of halogens is 4. The normalized spacial score (nSPS) is 16.8. The first-order valence-corrected chi connectivity index (χ1v) is 7.86. The third-order valence-corrected chi connectivity index (χ3v) is 4.37. The maximum absolute atomic E-state index is 14.5. The molecule has 1 atom stereocenters. The molecule has 1 unspecified atom stereocenters. The Morgan fingerprint density at radius 2 is 1.54 bits per heavy atom. The summed E-state index contributed by atoms with van der Waals surface area (Å²) in [6.07, 6.45) is 0.586. The number of hydrogen-bond acceptors (Lipinski definition) is 3. The molecule has 0 saturated carbocycles. The van der Waals surface area contributed by atoms with Crippen molar-refractivity contribution in [2.24, 2.45) is 5.73 Å². The minimum atomic E-state index is -1.80. The van der Waals surface area contributed by atoms with Crippen molar-refractivity contribution >= 4 is 17.4 Å². The van der Waals surface area contributed by atoms with Crippen molar-refractivity contribution in [1.29, 1.82) is 0 Å². The summed E-state index contributed by atoms with van der Waals surface area (Å²) in [5, 5.41) is 0. The molecule has 0 spiro atoms. The van der Waals surface area contributed by atoms with Crippen molar-refractivity contribution < 1.29 is 27.2 Å². The lowest BCUT2D eigenvalue weighted by atomic mass is 10.0. The Balaban J connectivity index is 2.15. The van der Waals surface area contributed by atoms with Crippen LogP contribution in [0.25, 0.3) is 0 Å². The van der Waals surface area contributed by atoms with E-state index in [2.05, 4.69) is 0 Å². The standard InChI is InChI=1S/C18H14F4N2O2/c19-12-11(17(25)9-5-2-1-3-6-9)13(20)15(22)16(14(12)21)24-8-4-7-10(24)18(23)26/h1-3,5-6,10H,4,7-8H2,(H2,23,26). The van der Waals surface area contributed by atoms with Gasteiger partial charge in [0.25, 0.3) is 0 Å². The van der Waals surface area contributed by atoms with Gasteiger partial charge in [0.15, 0.2) is 29.1 Å². The average Bonchev–Trinajstić information content (AvgIpc) is 3.11. The summed E-state index contributed by atoms with van der Waals surface area (Å²) < 4.78 is 58.0. The molecule has 1 aliphatic rings. The van der Waals surface area contributed by atoms with E-state index in [0.717, 1.165) is 4.90 Å². The molecule has 0 radical (unpaired) electrons. The van der Waals surface area contributed by atoms with Crippen molar-refractivity contribution in [3.05, 3.63) is 64.7 Å². The van der Waals surface area contributed by atoms with Crippen LogP contribution in [0.15, 0.2) is 30.3 Å². The van der Waals surface area contributed by atoms with Gasteiger partial charge >= 0.3 is 0 Å². The van der Waals surface area contributed by atoms with E-state index in [1.807, 2.05) is 0 Å². The molecule has 2 N–H and O–H groups in total. The Bertz CT molecular complexity index is 858. The molecule has 0 bridgehead atoms. The molecule has 0 aliphatic carbocycles. The highest BCUT2D eigenvalue weighted by atomic mass is 19.2. The monoisotopic (exact) mass is 366 g/mol. The highest BCUT2D eigenvalue weighted by molar-refractivity contribution is 6.09. The first-order valence-electron chi connectivity index (χ1n) is 7.86. The van der Waals surface area contributed by atoms with Gasteiger partial charge in [0.2, 0.25) is 5.91 Å². The smallest absolute Gasteiger partial charge is 0.240 e. The Morgan fingerprint density at radius 3 is 2.08 bits per heavy atom. The number of benzene rings is 2. The molecule has 1 heterocycles. The zero-order valence-corrected chi connectivity index (χ0v) is 13.4. The molecule has 2 aromatic rings. The first-order chi connectivity index (χ1) is 12.3. The number of anilines is 1. The number of ketones is 1. The molecule has 0 aromatic heterocycles. The number of primary amides is 1. The van der Waals surface area contributed by atoms with Gasteiger partial charge in [-0.3, -0.25) is 9.59 Å². The summed E-state index contributed by atoms with van der Waals surface area (Å²) in [4.78, 5) is 24.6. The molecular weight excluding hydrogens is 352 g/mol. The summed E-state index contributed by atoms with van der Waals surface area (Å²) in [6, 6.07) is 5.94. The van der Waals surface area contributed by atoms with Crippen molar-refractivity contribution in [3.8, 4) is 0 Å². The summed E-state index contributed by atoms with van der Waals surface area (Å²) in [5.41, 5.74) is 2.73. The minimum absolute atomic E-state index is 0.00625. The van der Waals surface area contributed by atoms with E-state index in [0.29, 0.717) is 6.42 Å². The van der Waals surface area contributed by atoms with Crippen LogP contribution in [0.2, 0.25) is 0 Å². The van der Waals surface area contributed by atoms with Gasteiger partial charge in [-0.2, -0.15) is 0 Å². The third-order valence-electron chi connectivity index (χ3n) is 4.37. The van der Waals surface area contributed by atoms with E-state index < -0.39 is 52.3 Å². The fourth-order valence-corrected chi connectivity index (χ4v) is 3.14. The van der Waals surface area contributed by atoms with Gasteiger partial charge in [-0.05, 0) is 12.8 Å². The number of nitrogens with two attached hydrogens (primary N) is 1. The molecule has 1 amide bonds. The highest BCUT2D eigenvalue weighted by Crippen LogP contribution is 2.35. The van der Waals surface area contributed by atoms with Crippen molar-refractivity contribution in [2.45, 2.75) is 18.9 Å². The van der Waals surface area contributed by atoms with E-state index in [1.165, 1.54) is 24.3 Å². The van der Waals surface area contributed by atoms with E-state index in [4.69, 9.17) is 5.73 Å². The zero-order valence-electron chi connectivity index (χ0n) is 13.4. The molecule has 1 aliphatic heterocycles. The van der Waals surface area contributed by atoms with E-state index in [9.17, 15) is 27.2 Å². The fourth-order valence-electron chi connectivity index (χ4n) is 3.14. The summed E-state index contributed by atoms with van der Waals surface area (Å²) in [7, 11) is 0. The molecule has 2 aromatic carbocycles. The number of nitrogens with zero attached hydrogens (tertiary/aromatic N) is 1. The largest absolute Gasteiger partial charge is 0.368 e. The molecular formula is C18H14F4N2O2. The second-order valence-corrected chi connectivity index (χ2v) is 5.93. The zero-order chi connectivity index (χ0) is 19.0. The Labute approximate surface area is 146 Å². The topological polar surface area (TPSA) is 63.4 Å². The predicted molar refractivity (Wildman–Crippen MR) is 85.7 cm³/mol. The quantitative estimate of drug-likeness (QED) is 0.514. The van der Waals surface area contributed by atoms with E-state index in [1.54, 1.807) is 6.07 Å². The fraction of sp³-hybridized carbons (Fsp3) is 0.222. The maximum atomic E-state index is 14.5. The summed E-state index contributed by atoms with van der Waals surface area (Å²) in [6.45, 7) is 0.00625. The Hall–Kier alpha value is -2.90. The van der Waals surface area contributed by atoms with E-state index >= 15 is 0 Å². The van der Waals surface area contributed by atoms with Gasteiger partial charge in [0, 0.05) is 12.1 Å². The number of hydrogen-bond donors (Lipinski definition) is 1. The third kappa shape index (κ3) is 2.81. The Morgan fingerprint density at radius 1 is 0.962 bits per heavy atom. The SMILES string of the molecule is NC(=O)C1CCCN1c1c(F)c(F)c(C(=O)c2ccccc2)c(F)c1F. The molecule has 8 heteroatoms. The number of amides is 1. The van der Waals surface area contributed by atoms with Crippen molar-refractivity contribution in [1.82, 2.24) is 0 Å². The number of carbonyl (C=O) groups is 2. The maximum Gasteiger partial charge on any atom is 0.240 e. The molecule has 1 saturated heterocycles. The van der Waals surface area contributed by atoms with Crippen LogP contribution in [0.1, 0.15) is 28.8 Å². The second kappa shape index (κ2) is 6.78. The lowest BCUT2D eigenvalue weighted by Crippen LogP contribution is -2.41. The van der Waals surface area contributed by atoms with Gasteiger partial charge in [-0.15, -0.1) is 0 Å². The van der Waals surface area contributed by atoms with Crippen LogP contribution in [0.4, 0.5) is 23.2 Å². The van der Waals surface area contributed by atoms with Crippen LogP contribution in [-0.4, -0.2) is 24.3 Å². The highest BCUT2D eigenvalue weighted by Gasteiger charge is 2.37. The minimum Gasteiger partial charge on any atom is -0.368 e. The van der Waals surface area contributed by atoms with Crippen molar-refractivity contribution in [3.63, 3.8) is 0 Å². The van der Waals surface area contributed by atoms with Crippen LogP contribution in [0, 0.1) is 23.3 Å². The van der Waals surface area contributed by atoms with Crippen LogP contribution in [0.3, 0.4) is 0 Å².